The van der Waals surface area contributed by atoms with Crippen molar-refractivity contribution in [2.45, 2.75) is 61.4 Å². The number of methoxy groups -OCH3 is 1. The van der Waals surface area contributed by atoms with Gasteiger partial charge in [-0.2, -0.15) is 0 Å². The molecule has 0 aromatic heterocycles. The average Bonchev–Trinajstić information content (AvgIpc) is 2.79. The van der Waals surface area contributed by atoms with Gasteiger partial charge in [0, 0.05) is 0 Å². The lowest BCUT2D eigenvalue weighted by Crippen LogP contribution is -2.65. The van der Waals surface area contributed by atoms with E-state index in [0.717, 1.165) is 0 Å². The Morgan fingerprint density at radius 3 is 1.84 bits per heavy atom. The fourth-order valence-electron chi connectivity index (χ4n) is 3.44. The highest BCUT2D eigenvalue weighted by Gasteiger charge is 2.51. The molecule has 2 aliphatic heterocycles. The molecule has 2 heterocycles. The quantitative estimate of drug-likeness (QED) is 0.220. The van der Waals surface area contributed by atoms with Crippen LogP contribution in [0.15, 0.2) is 24.3 Å². The molecule has 10 atom stereocenters. The predicted octanol–water partition coefficient (Wildman–Crippen LogP) is -3.30. The summed E-state index contributed by atoms with van der Waals surface area (Å²) in [5.74, 6) is 0.890. The lowest BCUT2D eigenvalue weighted by atomic mass is 9.97. The van der Waals surface area contributed by atoms with Crippen molar-refractivity contribution in [1.82, 2.24) is 0 Å². The number of ether oxygens (including phenoxy) is 5. The minimum atomic E-state index is -1.73. The summed E-state index contributed by atoms with van der Waals surface area (Å²) in [4.78, 5) is 0. The molecule has 31 heavy (non-hydrogen) atoms. The molecular weight excluding hydrogens is 420 g/mol. The second-order valence-electron chi connectivity index (χ2n) is 7.30. The van der Waals surface area contributed by atoms with Gasteiger partial charge in [-0.15, -0.1) is 0 Å². The summed E-state index contributed by atoms with van der Waals surface area (Å²) >= 11 is 0. The van der Waals surface area contributed by atoms with E-state index in [4.69, 9.17) is 23.7 Å². The molecule has 2 saturated heterocycles. The van der Waals surface area contributed by atoms with Crippen LogP contribution in [-0.2, 0) is 14.2 Å². The van der Waals surface area contributed by atoms with Crippen LogP contribution in [-0.4, -0.2) is 117 Å². The highest BCUT2D eigenvalue weighted by Crippen LogP contribution is 2.30. The summed E-state index contributed by atoms with van der Waals surface area (Å²) in [5, 5.41) is 69.9. The van der Waals surface area contributed by atoms with Gasteiger partial charge in [-0.25, -0.2) is 0 Å². The van der Waals surface area contributed by atoms with Crippen LogP contribution in [0.5, 0.6) is 11.5 Å². The van der Waals surface area contributed by atoms with Crippen molar-refractivity contribution in [1.29, 1.82) is 0 Å². The van der Waals surface area contributed by atoms with E-state index in [-0.39, 0.29) is 0 Å². The molecule has 0 saturated carbocycles. The van der Waals surface area contributed by atoms with Crippen molar-refractivity contribution in [3.05, 3.63) is 24.3 Å². The lowest BCUT2D eigenvalue weighted by Gasteiger charge is -2.45. The van der Waals surface area contributed by atoms with Crippen molar-refractivity contribution < 1.29 is 59.4 Å². The van der Waals surface area contributed by atoms with Crippen LogP contribution in [0.25, 0.3) is 0 Å². The molecule has 2 aliphatic rings. The minimum Gasteiger partial charge on any atom is -0.497 e. The molecule has 7 N–H and O–H groups in total. The summed E-state index contributed by atoms with van der Waals surface area (Å²) in [6.07, 6.45) is -15.0. The first-order chi connectivity index (χ1) is 14.8. The van der Waals surface area contributed by atoms with E-state index in [9.17, 15) is 35.7 Å². The van der Waals surface area contributed by atoms with Gasteiger partial charge in [-0.3, -0.25) is 0 Å². The summed E-state index contributed by atoms with van der Waals surface area (Å²) in [6.45, 7) is -1.31. The third-order valence-corrected chi connectivity index (χ3v) is 5.27. The maximum atomic E-state index is 10.6. The zero-order valence-electron chi connectivity index (χ0n) is 16.7. The molecule has 0 bridgehead atoms. The van der Waals surface area contributed by atoms with E-state index < -0.39 is 74.6 Å². The second kappa shape index (κ2) is 10.4. The number of hydrogen-bond donors (Lipinski definition) is 7. The second-order valence-corrected chi connectivity index (χ2v) is 7.30. The first kappa shape index (κ1) is 24.1. The molecule has 12 heteroatoms. The Bertz CT molecular complexity index is 683. The standard InChI is InChI=1S/C19H28O12/c1-27-8-2-4-9(5-3-8)28-18-16(26)14(24)17(11(7-21)30-18)31-19-15(25)13(23)12(22)10(6-20)29-19/h2-5,10-26H,6-7H2,1H3/t10-,11-,12-,13-,14+,15-,16-,17+,18+,19-/m0/s1. The Morgan fingerprint density at radius 1 is 0.710 bits per heavy atom. The molecule has 0 unspecified atom stereocenters. The summed E-state index contributed by atoms with van der Waals surface area (Å²) in [6, 6.07) is 6.36. The van der Waals surface area contributed by atoms with Gasteiger partial charge in [0.2, 0.25) is 6.29 Å². The van der Waals surface area contributed by atoms with E-state index in [1.165, 1.54) is 7.11 Å². The highest BCUT2D eigenvalue weighted by atomic mass is 16.7. The van der Waals surface area contributed by atoms with Crippen molar-refractivity contribution in [2.75, 3.05) is 20.3 Å². The van der Waals surface area contributed by atoms with Gasteiger partial charge in [-0.1, -0.05) is 0 Å². The first-order valence-electron chi connectivity index (χ1n) is 9.69. The Labute approximate surface area is 177 Å². The minimum absolute atomic E-state index is 0.307. The van der Waals surface area contributed by atoms with Gasteiger partial charge < -0.3 is 59.4 Å². The Hall–Kier alpha value is -1.58. The van der Waals surface area contributed by atoms with Crippen molar-refractivity contribution in [3.63, 3.8) is 0 Å². The topological polar surface area (TPSA) is 188 Å². The third kappa shape index (κ3) is 5.09. The van der Waals surface area contributed by atoms with E-state index in [1.807, 2.05) is 0 Å². The predicted molar refractivity (Wildman–Crippen MR) is 100 cm³/mol. The summed E-state index contributed by atoms with van der Waals surface area (Å²) in [5.41, 5.74) is 0. The van der Waals surface area contributed by atoms with Gasteiger partial charge in [0.15, 0.2) is 6.29 Å². The fourth-order valence-corrected chi connectivity index (χ4v) is 3.44. The van der Waals surface area contributed by atoms with Crippen LogP contribution in [0.1, 0.15) is 0 Å². The highest BCUT2D eigenvalue weighted by molar-refractivity contribution is 5.31. The molecule has 0 spiro atoms. The Kier molecular flexibility index (Phi) is 8.04. The summed E-state index contributed by atoms with van der Waals surface area (Å²) < 4.78 is 26.9. The van der Waals surface area contributed by atoms with Crippen LogP contribution in [0.4, 0.5) is 0 Å². The third-order valence-electron chi connectivity index (χ3n) is 5.27. The van der Waals surface area contributed by atoms with Crippen LogP contribution in [0, 0.1) is 0 Å². The first-order valence-corrected chi connectivity index (χ1v) is 9.69. The van der Waals surface area contributed by atoms with Gasteiger partial charge in [0.25, 0.3) is 0 Å². The smallest absolute Gasteiger partial charge is 0.229 e. The van der Waals surface area contributed by atoms with E-state index in [1.54, 1.807) is 24.3 Å². The average molecular weight is 448 g/mol. The fraction of sp³-hybridized carbons (Fsp3) is 0.684. The van der Waals surface area contributed by atoms with Gasteiger partial charge in [0.1, 0.15) is 60.3 Å². The number of aliphatic hydroxyl groups excluding tert-OH is 7. The van der Waals surface area contributed by atoms with Gasteiger partial charge in [-0.05, 0) is 24.3 Å². The van der Waals surface area contributed by atoms with Crippen LogP contribution in [0.3, 0.4) is 0 Å². The zero-order valence-corrected chi connectivity index (χ0v) is 16.7. The monoisotopic (exact) mass is 448 g/mol. The van der Waals surface area contributed by atoms with Crippen LogP contribution < -0.4 is 9.47 Å². The van der Waals surface area contributed by atoms with Crippen molar-refractivity contribution in [2.24, 2.45) is 0 Å². The van der Waals surface area contributed by atoms with Crippen molar-refractivity contribution in [3.8, 4) is 11.5 Å². The molecule has 0 radical (unpaired) electrons. The maximum Gasteiger partial charge on any atom is 0.229 e. The molecule has 0 aliphatic carbocycles. The maximum absolute atomic E-state index is 10.6. The van der Waals surface area contributed by atoms with Gasteiger partial charge >= 0.3 is 0 Å². The molecule has 176 valence electrons. The largest absolute Gasteiger partial charge is 0.497 e. The Balaban J connectivity index is 1.70. The summed E-state index contributed by atoms with van der Waals surface area (Å²) in [7, 11) is 1.50. The van der Waals surface area contributed by atoms with Crippen LogP contribution in [0.2, 0.25) is 0 Å². The van der Waals surface area contributed by atoms with Gasteiger partial charge in [0.05, 0.1) is 20.3 Å². The normalized spacial score (nSPS) is 41.0. The van der Waals surface area contributed by atoms with E-state index in [2.05, 4.69) is 0 Å². The van der Waals surface area contributed by atoms with Crippen molar-refractivity contribution >= 4 is 0 Å². The molecule has 0 amide bonds. The Morgan fingerprint density at radius 2 is 1.26 bits per heavy atom. The van der Waals surface area contributed by atoms with E-state index in [0.29, 0.717) is 11.5 Å². The molecule has 1 aromatic carbocycles. The lowest BCUT2D eigenvalue weighted by molar-refractivity contribution is -0.352. The SMILES string of the molecule is COc1ccc(O[C@@H]2O[C@@H](CO)[C@@H](O[C@@H]3O[C@@H](CO)[C@H](O)[C@H](O)[C@@H]3O)[C@H](O)[C@@H]2O)cc1. The number of rotatable bonds is 7. The zero-order chi connectivity index (χ0) is 22.7. The number of hydrogen-bond acceptors (Lipinski definition) is 12. The molecule has 2 fully saturated rings. The van der Waals surface area contributed by atoms with E-state index >= 15 is 0 Å². The molecular formula is C19H28O12. The molecule has 1 aromatic rings. The molecule has 12 nitrogen and oxygen atoms in total. The number of aliphatic hydroxyl groups is 7. The molecule has 3 rings (SSSR count). The number of benzene rings is 1. The van der Waals surface area contributed by atoms with Crippen LogP contribution >= 0.6 is 0 Å².